The van der Waals surface area contributed by atoms with Crippen LogP contribution in [0.2, 0.25) is 0 Å². The molecule has 3 rings (SSSR count). The summed E-state index contributed by atoms with van der Waals surface area (Å²) in [7, 11) is 0. The second kappa shape index (κ2) is 5.29. The van der Waals surface area contributed by atoms with Gasteiger partial charge in [-0.2, -0.15) is 5.26 Å². The number of nitrogens with one attached hydrogen (secondary N) is 1. The molecule has 1 unspecified atom stereocenters. The number of fused-ring (bicyclic) bond motifs is 1. The van der Waals surface area contributed by atoms with Gasteiger partial charge >= 0.3 is 0 Å². The second-order valence-corrected chi connectivity index (χ2v) is 4.97. The van der Waals surface area contributed by atoms with Gasteiger partial charge in [0, 0.05) is 6.04 Å². The molecule has 1 aliphatic carbocycles. The number of nitrogens with zero attached hydrogens (tertiary/aromatic N) is 1. The van der Waals surface area contributed by atoms with Crippen LogP contribution in [-0.4, -0.2) is 6.04 Å². The Hall–Kier alpha value is -2.05. The highest BCUT2D eigenvalue weighted by molar-refractivity contribution is 5.30. The molecule has 1 aliphatic rings. The fourth-order valence-corrected chi connectivity index (χ4v) is 2.65. The maximum atomic E-state index is 8.71. The zero-order valence-electron chi connectivity index (χ0n) is 10.7. The SMILES string of the molecule is N#Cc1ccc(CNC2CCc3ccccc3C2)o1. The Morgan fingerprint density at radius 3 is 2.84 bits per heavy atom. The van der Waals surface area contributed by atoms with E-state index in [1.54, 1.807) is 6.07 Å². The number of rotatable bonds is 3. The highest BCUT2D eigenvalue weighted by Crippen LogP contribution is 2.21. The first-order valence-electron chi connectivity index (χ1n) is 6.64. The minimum absolute atomic E-state index is 0.380. The topological polar surface area (TPSA) is 49.0 Å². The lowest BCUT2D eigenvalue weighted by atomic mass is 9.88. The molecule has 1 N–H and O–H groups in total. The van der Waals surface area contributed by atoms with E-state index >= 15 is 0 Å². The zero-order valence-corrected chi connectivity index (χ0v) is 10.7. The van der Waals surface area contributed by atoms with Gasteiger partial charge in [0.05, 0.1) is 6.54 Å². The minimum atomic E-state index is 0.380. The smallest absolute Gasteiger partial charge is 0.203 e. The zero-order chi connectivity index (χ0) is 13.1. The summed E-state index contributed by atoms with van der Waals surface area (Å²) >= 11 is 0. The van der Waals surface area contributed by atoms with Crippen LogP contribution >= 0.6 is 0 Å². The fraction of sp³-hybridized carbons (Fsp3) is 0.312. The first-order valence-corrected chi connectivity index (χ1v) is 6.64. The molecular weight excluding hydrogens is 236 g/mol. The third kappa shape index (κ3) is 2.69. The summed E-state index contributed by atoms with van der Waals surface area (Å²) < 4.78 is 5.37. The van der Waals surface area contributed by atoms with Crippen molar-refractivity contribution in [3.8, 4) is 6.07 Å². The Labute approximate surface area is 112 Å². The number of aryl methyl sites for hydroxylation is 1. The molecule has 19 heavy (non-hydrogen) atoms. The van der Waals surface area contributed by atoms with Crippen molar-refractivity contribution in [1.82, 2.24) is 5.32 Å². The van der Waals surface area contributed by atoms with E-state index < -0.39 is 0 Å². The van der Waals surface area contributed by atoms with Gasteiger partial charge in [-0.15, -0.1) is 0 Å². The maximum absolute atomic E-state index is 8.71. The molecule has 3 nitrogen and oxygen atoms in total. The van der Waals surface area contributed by atoms with Crippen LogP contribution in [-0.2, 0) is 19.4 Å². The molecule has 96 valence electrons. The molecule has 3 heteroatoms. The first kappa shape index (κ1) is 12.0. The third-order valence-corrected chi connectivity index (χ3v) is 3.68. The molecule has 1 aromatic heterocycles. The summed E-state index contributed by atoms with van der Waals surface area (Å²) in [6.45, 7) is 0.689. The summed E-state index contributed by atoms with van der Waals surface area (Å²) in [4.78, 5) is 0. The lowest BCUT2D eigenvalue weighted by Crippen LogP contribution is -2.33. The van der Waals surface area contributed by atoms with Crippen LogP contribution in [0.3, 0.4) is 0 Å². The van der Waals surface area contributed by atoms with Crippen LogP contribution in [0.15, 0.2) is 40.8 Å². The van der Waals surface area contributed by atoms with Crippen LogP contribution in [0.4, 0.5) is 0 Å². The molecule has 0 saturated heterocycles. The Balaban J connectivity index is 1.59. The summed E-state index contributed by atoms with van der Waals surface area (Å²) in [6.07, 6.45) is 3.36. The van der Waals surface area contributed by atoms with Crippen LogP contribution in [0, 0.1) is 11.3 Å². The molecule has 0 fully saturated rings. The van der Waals surface area contributed by atoms with E-state index in [1.807, 2.05) is 12.1 Å². The predicted octanol–water partition coefficient (Wildman–Crippen LogP) is 2.80. The summed E-state index contributed by atoms with van der Waals surface area (Å²) in [6, 6.07) is 14.7. The summed E-state index contributed by atoms with van der Waals surface area (Å²) in [5.41, 5.74) is 2.92. The van der Waals surface area contributed by atoms with Crippen molar-refractivity contribution >= 4 is 0 Å². The van der Waals surface area contributed by atoms with Gasteiger partial charge in [0.15, 0.2) is 0 Å². The Kier molecular flexibility index (Phi) is 3.35. The van der Waals surface area contributed by atoms with E-state index in [0.717, 1.165) is 25.0 Å². The van der Waals surface area contributed by atoms with E-state index in [0.29, 0.717) is 18.3 Å². The largest absolute Gasteiger partial charge is 0.449 e. The van der Waals surface area contributed by atoms with E-state index in [1.165, 1.54) is 11.1 Å². The van der Waals surface area contributed by atoms with Gasteiger partial charge in [-0.05, 0) is 42.5 Å². The van der Waals surface area contributed by atoms with Crippen LogP contribution in [0.1, 0.15) is 29.1 Å². The molecule has 1 aromatic carbocycles. The maximum Gasteiger partial charge on any atom is 0.203 e. The lowest BCUT2D eigenvalue weighted by Gasteiger charge is -2.25. The fourth-order valence-electron chi connectivity index (χ4n) is 2.65. The van der Waals surface area contributed by atoms with Crippen LogP contribution in [0.25, 0.3) is 0 Å². The normalized spacial score (nSPS) is 17.7. The van der Waals surface area contributed by atoms with Gasteiger partial charge in [-0.25, -0.2) is 0 Å². The van der Waals surface area contributed by atoms with Crippen molar-refractivity contribution in [2.24, 2.45) is 0 Å². The van der Waals surface area contributed by atoms with Crippen molar-refractivity contribution in [2.75, 3.05) is 0 Å². The molecule has 1 atom stereocenters. The third-order valence-electron chi connectivity index (χ3n) is 3.68. The molecule has 0 amide bonds. The van der Waals surface area contributed by atoms with Gasteiger partial charge in [-0.1, -0.05) is 24.3 Å². The summed E-state index contributed by atoms with van der Waals surface area (Å²) in [5, 5.41) is 12.2. The predicted molar refractivity (Wildman–Crippen MR) is 72.5 cm³/mol. The van der Waals surface area contributed by atoms with E-state index in [-0.39, 0.29) is 0 Å². The van der Waals surface area contributed by atoms with Crippen molar-refractivity contribution in [2.45, 2.75) is 31.8 Å². The Morgan fingerprint density at radius 1 is 1.21 bits per heavy atom. The average Bonchev–Trinajstić information content (AvgIpc) is 2.93. The number of nitriles is 1. The van der Waals surface area contributed by atoms with Gasteiger partial charge in [0.1, 0.15) is 11.8 Å². The highest BCUT2D eigenvalue weighted by atomic mass is 16.3. The molecule has 0 aliphatic heterocycles. The number of hydrogen-bond acceptors (Lipinski definition) is 3. The van der Waals surface area contributed by atoms with Crippen LogP contribution < -0.4 is 5.32 Å². The Morgan fingerprint density at radius 2 is 2.05 bits per heavy atom. The number of hydrogen-bond donors (Lipinski definition) is 1. The van der Waals surface area contributed by atoms with Gasteiger partial charge < -0.3 is 9.73 Å². The molecular formula is C16H16N2O. The molecule has 0 radical (unpaired) electrons. The minimum Gasteiger partial charge on any atom is -0.449 e. The quantitative estimate of drug-likeness (QED) is 0.913. The molecule has 2 aromatic rings. The van der Waals surface area contributed by atoms with Crippen LogP contribution in [0.5, 0.6) is 0 Å². The average molecular weight is 252 g/mol. The second-order valence-electron chi connectivity index (χ2n) is 4.97. The first-order chi connectivity index (χ1) is 9.35. The highest BCUT2D eigenvalue weighted by Gasteiger charge is 2.17. The summed E-state index contributed by atoms with van der Waals surface area (Å²) in [5.74, 6) is 1.21. The van der Waals surface area contributed by atoms with Gasteiger partial charge in [0.25, 0.3) is 0 Å². The van der Waals surface area contributed by atoms with E-state index in [9.17, 15) is 0 Å². The number of furan rings is 1. The van der Waals surface area contributed by atoms with Gasteiger partial charge in [-0.3, -0.25) is 0 Å². The molecule has 0 bridgehead atoms. The van der Waals surface area contributed by atoms with E-state index in [2.05, 4.69) is 29.6 Å². The van der Waals surface area contributed by atoms with Crippen molar-refractivity contribution in [3.63, 3.8) is 0 Å². The van der Waals surface area contributed by atoms with Crippen molar-refractivity contribution < 1.29 is 4.42 Å². The van der Waals surface area contributed by atoms with Gasteiger partial charge in [0.2, 0.25) is 5.76 Å². The van der Waals surface area contributed by atoms with Crippen molar-refractivity contribution in [1.29, 1.82) is 5.26 Å². The Bertz CT molecular complexity index is 609. The number of benzene rings is 1. The standard InChI is InChI=1S/C16H16N2O/c17-10-15-7-8-16(19-15)11-18-14-6-5-12-3-1-2-4-13(12)9-14/h1-4,7-8,14,18H,5-6,9,11H2. The molecule has 0 saturated carbocycles. The molecule has 0 spiro atoms. The monoisotopic (exact) mass is 252 g/mol. The van der Waals surface area contributed by atoms with Crippen molar-refractivity contribution in [3.05, 3.63) is 59.0 Å². The molecule has 1 heterocycles. The van der Waals surface area contributed by atoms with E-state index in [4.69, 9.17) is 9.68 Å². The lowest BCUT2D eigenvalue weighted by molar-refractivity contribution is 0.413.